The van der Waals surface area contributed by atoms with Crippen molar-refractivity contribution in [2.24, 2.45) is 0 Å². The van der Waals surface area contributed by atoms with E-state index in [1.54, 1.807) is 0 Å². The van der Waals surface area contributed by atoms with E-state index in [4.69, 9.17) is 5.73 Å². The number of fused-ring (bicyclic) bond motifs is 1. The summed E-state index contributed by atoms with van der Waals surface area (Å²) in [7, 11) is -2.96. The van der Waals surface area contributed by atoms with Gasteiger partial charge in [0, 0.05) is 12.0 Å². The molecule has 0 atom stereocenters. The highest BCUT2D eigenvalue weighted by atomic mass is 32.2. The number of anilines is 1. The van der Waals surface area contributed by atoms with Crippen molar-refractivity contribution in [1.29, 1.82) is 0 Å². The van der Waals surface area contributed by atoms with Crippen LogP contribution in [-0.4, -0.2) is 36.1 Å². The van der Waals surface area contributed by atoms with Crippen molar-refractivity contribution in [3.63, 3.8) is 0 Å². The first-order valence-corrected chi connectivity index (χ1v) is 8.33. The summed E-state index contributed by atoms with van der Waals surface area (Å²) in [5, 5.41) is 0.581. The van der Waals surface area contributed by atoms with Crippen molar-refractivity contribution < 1.29 is 8.42 Å². The average molecular weight is 283 g/mol. The van der Waals surface area contributed by atoms with E-state index < -0.39 is 9.84 Å². The number of nitrogen functional groups attached to an aromatic ring is 1. The molecule has 0 radical (unpaired) electrons. The van der Waals surface area contributed by atoms with E-state index in [9.17, 15) is 8.42 Å². The van der Waals surface area contributed by atoms with Crippen molar-refractivity contribution in [1.82, 2.24) is 9.97 Å². The fourth-order valence-electron chi connectivity index (χ4n) is 1.39. The summed E-state index contributed by atoms with van der Waals surface area (Å²) in [4.78, 5) is 8.61. The van der Waals surface area contributed by atoms with Gasteiger partial charge in [-0.15, -0.1) is 11.8 Å². The summed E-state index contributed by atoms with van der Waals surface area (Å²) in [6, 6.07) is 7.43. The zero-order valence-electron chi connectivity index (χ0n) is 9.83. The molecule has 2 aromatic rings. The van der Waals surface area contributed by atoms with Gasteiger partial charge in [-0.3, -0.25) is 0 Å². The number of para-hydroxylation sites is 2. The van der Waals surface area contributed by atoms with Gasteiger partial charge in [0.15, 0.2) is 5.82 Å². The van der Waals surface area contributed by atoms with Crippen molar-refractivity contribution in [2.45, 2.75) is 5.03 Å². The van der Waals surface area contributed by atoms with Crippen LogP contribution in [0.25, 0.3) is 11.0 Å². The number of nitrogens with zero attached hydrogens (tertiary/aromatic N) is 2. The molecule has 0 aliphatic rings. The average Bonchev–Trinajstić information content (AvgIpc) is 2.28. The molecule has 0 amide bonds. The van der Waals surface area contributed by atoms with Crippen LogP contribution < -0.4 is 5.73 Å². The van der Waals surface area contributed by atoms with Crippen LogP contribution in [-0.2, 0) is 9.84 Å². The number of sulfone groups is 1. The van der Waals surface area contributed by atoms with Crippen LogP contribution in [0.3, 0.4) is 0 Å². The van der Waals surface area contributed by atoms with Crippen LogP contribution in [0.2, 0.25) is 0 Å². The Hall–Kier alpha value is -1.34. The topological polar surface area (TPSA) is 85.9 Å². The third-order valence-electron chi connectivity index (χ3n) is 2.26. The lowest BCUT2D eigenvalue weighted by Gasteiger charge is -2.05. The van der Waals surface area contributed by atoms with Crippen molar-refractivity contribution in [3.05, 3.63) is 24.3 Å². The third-order valence-corrected chi connectivity index (χ3v) is 4.44. The van der Waals surface area contributed by atoms with E-state index in [0.717, 1.165) is 11.0 Å². The number of benzene rings is 1. The smallest absolute Gasteiger partial charge is 0.156 e. The molecular weight excluding hydrogens is 270 g/mol. The summed E-state index contributed by atoms with van der Waals surface area (Å²) >= 11 is 1.31. The highest BCUT2D eigenvalue weighted by Gasteiger charge is 2.08. The van der Waals surface area contributed by atoms with Gasteiger partial charge in [0.2, 0.25) is 0 Å². The van der Waals surface area contributed by atoms with E-state index in [1.165, 1.54) is 18.0 Å². The van der Waals surface area contributed by atoms with Crippen LogP contribution in [0.1, 0.15) is 0 Å². The molecule has 0 fully saturated rings. The Bertz CT molecular complexity index is 671. The second kappa shape index (κ2) is 5.11. The molecule has 1 aromatic carbocycles. The summed E-state index contributed by atoms with van der Waals surface area (Å²) in [5.74, 6) is 0.869. The van der Waals surface area contributed by atoms with Crippen LogP contribution in [0, 0.1) is 0 Å². The summed E-state index contributed by atoms with van der Waals surface area (Å²) < 4.78 is 22.1. The number of hydrogen-bond acceptors (Lipinski definition) is 6. The second-order valence-electron chi connectivity index (χ2n) is 3.88. The van der Waals surface area contributed by atoms with Gasteiger partial charge in [-0.2, -0.15) is 0 Å². The minimum absolute atomic E-state index is 0.103. The molecule has 18 heavy (non-hydrogen) atoms. The lowest BCUT2D eigenvalue weighted by atomic mass is 10.3. The zero-order valence-corrected chi connectivity index (χ0v) is 11.5. The molecule has 0 saturated heterocycles. The Morgan fingerprint density at radius 2 is 1.83 bits per heavy atom. The number of thioether (sulfide) groups is 1. The summed E-state index contributed by atoms with van der Waals surface area (Å²) in [6.07, 6.45) is 1.21. The standard InChI is InChI=1S/C11H13N3O2S2/c1-18(15,16)7-6-17-11-10(12)13-8-4-2-3-5-9(8)14-11/h2-5H,6-7H2,1H3,(H2,12,13). The van der Waals surface area contributed by atoms with E-state index >= 15 is 0 Å². The quantitative estimate of drug-likeness (QED) is 0.852. The SMILES string of the molecule is CS(=O)(=O)CCSc1nc2ccccc2nc1N. The van der Waals surface area contributed by atoms with Crippen LogP contribution >= 0.6 is 11.8 Å². The largest absolute Gasteiger partial charge is 0.381 e. The minimum atomic E-state index is -2.96. The normalized spacial score (nSPS) is 11.8. The molecule has 2 N–H and O–H groups in total. The maximum atomic E-state index is 11.0. The van der Waals surface area contributed by atoms with Gasteiger partial charge in [-0.05, 0) is 12.1 Å². The highest BCUT2D eigenvalue weighted by molar-refractivity contribution is 8.00. The van der Waals surface area contributed by atoms with Gasteiger partial charge >= 0.3 is 0 Å². The Labute approximate surface area is 110 Å². The minimum Gasteiger partial charge on any atom is -0.381 e. The maximum Gasteiger partial charge on any atom is 0.156 e. The predicted molar refractivity (Wildman–Crippen MR) is 74.4 cm³/mol. The Morgan fingerprint density at radius 1 is 1.22 bits per heavy atom. The molecule has 0 spiro atoms. The van der Waals surface area contributed by atoms with Gasteiger partial charge in [0.1, 0.15) is 14.9 Å². The molecule has 2 rings (SSSR count). The molecule has 1 heterocycles. The molecule has 96 valence electrons. The molecule has 0 bridgehead atoms. The molecular formula is C11H13N3O2S2. The maximum absolute atomic E-state index is 11.0. The number of nitrogens with two attached hydrogens (primary N) is 1. The van der Waals surface area contributed by atoms with E-state index in [-0.39, 0.29) is 5.75 Å². The number of rotatable bonds is 4. The molecule has 5 nitrogen and oxygen atoms in total. The number of aromatic nitrogens is 2. The Kier molecular flexibility index (Phi) is 3.72. The van der Waals surface area contributed by atoms with Crippen LogP contribution in [0.4, 0.5) is 5.82 Å². The fraction of sp³-hybridized carbons (Fsp3) is 0.273. The van der Waals surface area contributed by atoms with Crippen molar-refractivity contribution >= 4 is 38.5 Å². The zero-order chi connectivity index (χ0) is 13.2. The molecule has 7 heteroatoms. The van der Waals surface area contributed by atoms with Crippen LogP contribution in [0.15, 0.2) is 29.3 Å². The third kappa shape index (κ3) is 3.33. The monoisotopic (exact) mass is 283 g/mol. The number of hydrogen-bond donors (Lipinski definition) is 1. The first kappa shape index (κ1) is 13.1. The Balaban J connectivity index is 2.20. The summed E-state index contributed by atoms with van der Waals surface area (Å²) in [5.41, 5.74) is 7.29. The molecule has 0 aliphatic heterocycles. The Morgan fingerprint density at radius 3 is 2.44 bits per heavy atom. The molecule has 0 saturated carbocycles. The van der Waals surface area contributed by atoms with Gasteiger partial charge in [0.05, 0.1) is 16.8 Å². The fourth-order valence-corrected chi connectivity index (χ4v) is 3.49. The molecule has 0 aliphatic carbocycles. The van der Waals surface area contributed by atoms with Crippen LogP contribution in [0.5, 0.6) is 0 Å². The van der Waals surface area contributed by atoms with Gasteiger partial charge in [-0.25, -0.2) is 18.4 Å². The van der Waals surface area contributed by atoms with Gasteiger partial charge < -0.3 is 5.73 Å². The molecule has 1 aromatic heterocycles. The van der Waals surface area contributed by atoms with E-state index in [0.29, 0.717) is 16.6 Å². The predicted octanol–water partition coefficient (Wildman–Crippen LogP) is 1.35. The first-order chi connectivity index (χ1) is 8.46. The van der Waals surface area contributed by atoms with Crippen molar-refractivity contribution in [2.75, 3.05) is 23.5 Å². The van der Waals surface area contributed by atoms with E-state index in [2.05, 4.69) is 9.97 Å². The highest BCUT2D eigenvalue weighted by Crippen LogP contribution is 2.23. The van der Waals surface area contributed by atoms with Gasteiger partial charge in [0.25, 0.3) is 0 Å². The second-order valence-corrected chi connectivity index (χ2v) is 7.22. The van der Waals surface area contributed by atoms with E-state index in [1.807, 2.05) is 24.3 Å². The van der Waals surface area contributed by atoms with Gasteiger partial charge in [-0.1, -0.05) is 12.1 Å². The molecule has 0 unspecified atom stereocenters. The lowest BCUT2D eigenvalue weighted by molar-refractivity contribution is 0.603. The van der Waals surface area contributed by atoms with Crippen molar-refractivity contribution in [3.8, 4) is 0 Å². The first-order valence-electron chi connectivity index (χ1n) is 5.28. The summed E-state index contributed by atoms with van der Waals surface area (Å²) in [6.45, 7) is 0. The lowest BCUT2D eigenvalue weighted by Crippen LogP contribution is -2.06.